The molecule has 0 saturated heterocycles. The quantitative estimate of drug-likeness (QED) is 0.762. The molecule has 2 atom stereocenters. The molecule has 0 aromatic heterocycles. The van der Waals surface area contributed by atoms with Crippen molar-refractivity contribution >= 4 is 23.2 Å². The first-order chi connectivity index (χ1) is 9.50. The van der Waals surface area contributed by atoms with Gasteiger partial charge in [-0.15, -0.1) is 0 Å². The van der Waals surface area contributed by atoms with Gasteiger partial charge in [-0.25, -0.2) is 0 Å². The Morgan fingerprint density at radius 2 is 1.45 bits per heavy atom. The van der Waals surface area contributed by atoms with Gasteiger partial charge in [0.05, 0.1) is 10.0 Å². The first kappa shape index (κ1) is 15.4. The highest BCUT2D eigenvalue weighted by molar-refractivity contribution is 6.42. The number of rotatable bonds is 4. The van der Waals surface area contributed by atoms with Crippen molar-refractivity contribution in [2.75, 3.05) is 0 Å². The third-order valence-corrected chi connectivity index (χ3v) is 4.44. The third kappa shape index (κ3) is 3.35. The van der Waals surface area contributed by atoms with Crippen molar-refractivity contribution in [1.29, 1.82) is 0 Å². The summed E-state index contributed by atoms with van der Waals surface area (Å²) in [5.41, 5.74) is 3.62. The van der Waals surface area contributed by atoms with Crippen molar-refractivity contribution in [2.24, 2.45) is 0 Å². The highest BCUT2D eigenvalue weighted by Gasteiger charge is 2.15. The first-order valence-corrected chi connectivity index (χ1v) is 7.51. The molecule has 2 aromatic rings. The molecule has 0 saturated carbocycles. The molecule has 0 spiro atoms. The Bertz CT molecular complexity index is 595. The van der Waals surface area contributed by atoms with Crippen LogP contribution in [0, 0.1) is 6.92 Å². The average Bonchev–Trinajstić information content (AvgIpc) is 2.42. The molecule has 3 heteroatoms. The van der Waals surface area contributed by atoms with Crippen LogP contribution in [-0.2, 0) is 0 Å². The fraction of sp³-hybridized carbons (Fsp3) is 0.294. The van der Waals surface area contributed by atoms with Crippen LogP contribution >= 0.6 is 23.2 Å². The van der Waals surface area contributed by atoms with E-state index in [0.29, 0.717) is 10.0 Å². The number of benzene rings is 2. The molecule has 0 bridgehead atoms. The van der Waals surface area contributed by atoms with Crippen LogP contribution < -0.4 is 5.32 Å². The molecule has 1 nitrogen and oxygen atoms in total. The molecule has 0 aliphatic rings. The molecular formula is C17H19Cl2N. The standard InChI is InChI=1S/C17H19Cl2N/c1-11-7-4-5-8-14(11)12(2)20-13(3)15-9-6-10-16(18)17(15)19/h4-10,12-13,20H,1-3H3. The Morgan fingerprint density at radius 1 is 0.850 bits per heavy atom. The van der Waals surface area contributed by atoms with E-state index in [0.717, 1.165) is 5.56 Å². The second kappa shape index (κ2) is 6.62. The second-order valence-electron chi connectivity index (χ2n) is 5.11. The summed E-state index contributed by atoms with van der Waals surface area (Å²) in [5, 5.41) is 4.81. The number of aryl methyl sites for hydroxylation is 1. The Labute approximate surface area is 130 Å². The maximum absolute atomic E-state index is 6.28. The van der Waals surface area contributed by atoms with E-state index in [-0.39, 0.29) is 12.1 Å². The molecule has 2 unspecified atom stereocenters. The summed E-state index contributed by atoms with van der Waals surface area (Å²) in [6.45, 7) is 6.40. The van der Waals surface area contributed by atoms with Crippen LogP contribution in [0.1, 0.15) is 42.6 Å². The van der Waals surface area contributed by atoms with Gasteiger partial charge >= 0.3 is 0 Å². The van der Waals surface area contributed by atoms with Gasteiger partial charge in [-0.3, -0.25) is 0 Å². The third-order valence-electron chi connectivity index (χ3n) is 3.60. The van der Waals surface area contributed by atoms with E-state index in [2.05, 4.69) is 50.4 Å². The Balaban J connectivity index is 2.17. The molecule has 0 radical (unpaired) electrons. The molecule has 0 heterocycles. The molecule has 0 aliphatic carbocycles. The highest BCUT2D eigenvalue weighted by Crippen LogP contribution is 2.31. The van der Waals surface area contributed by atoms with E-state index in [4.69, 9.17) is 23.2 Å². The van der Waals surface area contributed by atoms with Crippen LogP contribution in [0.15, 0.2) is 42.5 Å². The minimum absolute atomic E-state index is 0.135. The van der Waals surface area contributed by atoms with E-state index >= 15 is 0 Å². The molecule has 20 heavy (non-hydrogen) atoms. The van der Waals surface area contributed by atoms with Crippen LogP contribution in [0.25, 0.3) is 0 Å². The lowest BCUT2D eigenvalue weighted by Gasteiger charge is -2.23. The van der Waals surface area contributed by atoms with E-state index in [1.807, 2.05) is 18.2 Å². The van der Waals surface area contributed by atoms with Crippen molar-refractivity contribution in [3.05, 3.63) is 69.2 Å². The summed E-state index contributed by atoms with van der Waals surface area (Å²) in [6.07, 6.45) is 0. The van der Waals surface area contributed by atoms with E-state index in [9.17, 15) is 0 Å². The largest absolute Gasteiger partial charge is 0.304 e. The van der Waals surface area contributed by atoms with Gasteiger partial charge < -0.3 is 5.32 Å². The lowest BCUT2D eigenvalue weighted by molar-refractivity contribution is 0.493. The zero-order chi connectivity index (χ0) is 14.7. The van der Waals surface area contributed by atoms with Gasteiger partial charge in [-0.05, 0) is 43.5 Å². The molecule has 0 aliphatic heterocycles. The van der Waals surface area contributed by atoms with Crippen LogP contribution in [0.2, 0.25) is 10.0 Å². The van der Waals surface area contributed by atoms with Crippen molar-refractivity contribution in [3.8, 4) is 0 Å². The minimum Gasteiger partial charge on any atom is -0.304 e. The first-order valence-electron chi connectivity index (χ1n) is 6.76. The summed E-state index contributed by atoms with van der Waals surface area (Å²) in [7, 11) is 0. The van der Waals surface area contributed by atoms with E-state index < -0.39 is 0 Å². The van der Waals surface area contributed by atoms with Crippen LogP contribution in [0.5, 0.6) is 0 Å². The number of halogens is 2. The minimum atomic E-state index is 0.135. The van der Waals surface area contributed by atoms with Crippen LogP contribution in [0.3, 0.4) is 0 Å². The predicted octanol–water partition coefficient (Wildman–Crippen LogP) is 5.71. The fourth-order valence-electron chi connectivity index (χ4n) is 2.48. The summed E-state index contributed by atoms with van der Waals surface area (Å²) in [6, 6.07) is 14.5. The van der Waals surface area contributed by atoms with Gasteiger partial charge in [0.25, 0.3) is 0 Å². The predicted molar refractivity (Wildman–Crippen MR) is 87.6 cm³/mol. The lowest BCUT2D eigenvalue weighted by atomic mass is 10.0. The average molecular weight is 308 g/mol. The molecule has 1 N–H and O–H groups in total. The van der Waals surface area contributed by atoms with Gasteiger partial charge in [-0.2, -0.15) is 0 Å². The lowest BCUT2D eigenvalue weighted by Crippen LogP contribution is -2.23. The second-order valence-corrected chi connectivity index (χ2v) is 5.89. The van der Waals surface area contributed by atoms with Gasteiger partial charge in [0.15, 0.2) is 0 Å². The van der Waals surface area contributed by atoms with Crippen molar-refractivity contribution in [2.45, 2.75) is 32.9 Å². The highest BCUT2D eigenvalue weighted by atomic mass is 35.5. The molecule has 0 fully saturated rings. The molecule has 0 amide bonds. The van der Waals surface area contributed by atoms with Gasteiger partial charge in [0.1, 0.15) is 0 Å². The maximum atomic E-state index is 6.28. The number of nitrogens with one attached hydrogen (secondary N) is 1. The number of hydrogen-bond donors (Lipinski definition) is 1. The molecule has 2 rings (SSSR count). The van der Waals surface area contributed by atoms with Crippen molar-refractivity contribution < 1.29 is 0 Å². The topological polar surface area (TPSA) is 12.0 Å². The molecule has 2 aromatic carbocycles. The van der Waals surface area contributed by atoms with E-state index in [1.165, 1.54) is 11.1 Å². The smallest absolute Gasteiger partial charge is 0.0639 e. The summed E-state index contributed by atoms with van der Waals surface area (Å²) in [4.78, 5) is 0. The van der Waals surface area contributed by atoms with Gasteiger partial charge in [0, 0.05) is 12.1 Å². The maximum Gasteiger partial charge on any atom is 0.0639 e. The Kier molecular flexibility index (Phi) is 5.09. The molecular weight excluding hydrogens is 289 g/mol. The Morgan fingerprint density at radius 3 is 2.15 bits per heavy atom. The molecule has 106 valence electrons. The van der Waals surface area contributed by atoms with E-state index in [1.54, 1.807) is 0 Å². The van der Waals surface area contributed by atoms with Crippen molar-refractivity contribution in [3.63, 3.8) is 0 Å². The fourth-order valence-corrected chi connectivity index (χ4v) is 2.95. The van der Waals surface area contributed by atoms with Crippen LogP contribution in [-0.4, -0.2) is 0 Å². The normalized spacial score (nSPS) is 14.1. The summed E-state index contributed by atoms with van der Waals surface area (Å²) < 4.78 is 0. The number of hydrogen-bond acceptors (Lipinski definition) is 1. The summed E-state index contributed by atoms with van der Waals surface area (Å²) in [5.74, 6) is 0. The van der Waals surface area contributed by atoms with Crippen LogP contribution in [0.4, 0.5) is 0 Å². The zero-order valence-electron chi connectivity index (χ0n) is 12.0. The van der Waals surface area contributed by atoms with Crippen molar-refractivity contribution in [1.82, 2.24) is 5.32 Å². The monoisotopic (exact) mass is 307 g/mol. The SMILES string of the molecule is Cc1ccccc1C(C)NC(C)c1cccc(Cl)c1Cl. The van der Waals surface area contributed by atoms with Gasteiger partial charge in [-0.1, -0.05) is 59.6 Å². The Hall–Kier alpha value is -1.02. The summed E-state index contributed by atoms with van der Waals surface area (Å²) >= 11 is 12.4. The zero-order valence-corrected chi connectivity index (χ0v) is 13.5. The van der Waals surface area contributed by atoms with Gasteiger partial charge in [0.2, 0.25) is 0 Å².